The Kier molecular flexibility index (Phi) is 4.93. The maximum absolute atomic E-state index is 12.7. The van der Waals surface area contributed by atoms with Gasteiger partial charge in [0.15, 0.2) is 11.7 Å². The van der Waals surface area contributed by atoms with Gasteiger partial charge in [-0.2, -0.15) is 18.2 Å². The van der Waals surface area contributed by atoms with Crippen LogP contribution in [0.4, 0.5) is 13.2 Å². The number of nitrogens with zero attached hydrogens (tertiary/aromatic N) is 1. The van der Waals surface area contributed by atoms with Gasteiger partial charge in [0, 0.05) is 0 Å². The van der Waals surface area contributed by atoms with E-state index in [0.717, 1.165) is 12.1 Å². The molecule has 0 amide bonds. The molecule has 2 aromatic carbocycles. The Bertz CT molecular complexity index is 950. The molecule has 6 nitrogen and oxygen atoms in total. The number of alkyl halides is 3. The largest absolute Gasteiger partial charge is 0.479 e. The van der Waals surface area contributed by atoms with Crippen molar-refractivity contribution >= 4 is 17.1 Å². The average Bonchev–Trinajstić information content (AvgIpc) is 3.03. The van der Waals surface area contributed by atoms with Gasteiger partial charge in [-0.25, -0.2) is 4.79 Å². The second-order valence-electron chi connectivity index (χ2n) is 5.52. The molecule has 0 spiro atoms. The van der Waals surface area contributed by atoms with E-state index in [9.17, 15) is 18.0 Å². The minimum Gasteiger partial charge on any atom is -0.479 e. The number of fused-ring (bicyclic) bond motifs is 1. The molecule has 0 bridgehead atoms. The van der Waals surface area contributed by atoms with Gasteiger partial charge < -0.3 is 18.6 Å². The number of halogens is 3. The molecule has 9 heteroatoms. The van der Waals surface area contributed by atoms with E-state index in [1.165, 1.54) is 25.3 Å². The van der Waals surface area contributed by atoms with Crippen molar-refractivity contribution in [3.8, 4) is 17.6 Å². The van der Waals surface area contributed by atoms with Gasteiger partial charge in [-0.05, 0) is 49.4 Å². The summed E-state index contributed by atoms with van der Waals surface area (Å²) < 4.78 is 58.8. The molecular weight excluding hydrogens is 367 g/mol. The fourth-order valence-electron chi connectivity index (χ4n) is 2.23. The van der Waals surface area contributed by atoms with E-state index >= 15 is 0 Å². The molecule has 0 saturated heterocycles. The third kappa shape index (κ3) is 4.30. The second-order valence-corrected chi connectivity index (χ2v) is 5.52. The Morgan fingerprint density at radius 3 is 2.41 bits per heavy atom. The van der Waals surface area contributed by atoms with E-state index in [1.807, 2.05) is 0 Å². The number of methoxy groups -OCH3 is 1. The van der Waals surface area contributed by atoms with Crippen LogP contribution in [0.3, 0.4) is 0 Å². The number of carbonyl (C=O) groups is 1. The molecule has 0 radical (unpaired) electrons. The number of hydrogen-bond acceptors (Lipinski definition) is 6. The lowest BCUT2D eigenvalue weighted by Crippen LogP contribution is -2.24. The SMILES string of the molecule is COC(=O)[C@@H](C)Oc1ccc(Oc2nc3ccc(C(F)(F)F)cc3o2)cc1. The van der Waals surface area contributed by atoms with Crippen molar-refractivity contribution in [2.24, 2.45) is 0 Å². The van der Waals surface area contributed by atoms with Gasteiger partial charge in [0.05, 0.1) is 12.7 Å². The predicted octanol–water partition coefficient (Wildman–Crippen LogP) is 4.58. The zero-order valence-electron chi connectivity index (χ0n) is 14.2. The van der Waals surface area contributed by atoms with Gasteiger partial charge in [0.2, 0.25) is 0 Å². The number of hydrogen-bond donors (Lipinski definition) is 0. The summed E-state index contributed by atoms with van der Waals surface area (Å²) >= 11 is 0. The fourth-order valence-corrected chi connectivity index (χ4v) is 2.23. The molecule has 0 aliphatic heterocycles. The Morgan fingerprint density at radius 2 is 1.78 bits per heavy atom. The van der Waals surface area contributed by atoms with E-state index in [4.69, 9.17) is 13.9 Å². The van der Waals surface area contributed by atoms with Crippen LogP contribution < -0.4 is 9.47 Å². The van der Waals surface area contributed by atoms with Gasteiger partial charge >= 0.3 is 18.2 Å². The summed E-state index contributed by atoms with van der Waals surface area (Å²) in [4.78, 5) is 15.3. The molecular formula is C18H14F3NO5. The Labute approximate surface area is 151 Å². The van der Waals surface area contributed by atoms with Crippen molar-refractivity contribution in [2.45, 2.75) is 19.2 Å². The van der Waals surface area contributed by atoms with E-state index in [2.05, 4.69) is 9.72 Å². The highest BCUT2D eigenvalue weighted by Gasteiger charge is 2.31. The lowest BCUT2D eigenvalue weighted by molar-refractivity contribution is -0.147. The molecule has 3 rings (SSSR count). The number of aromatic nitrogens is 1. The number of oxazole rings is 1. The second kappa shape index (κ2) is 7.18. The summed E-state index contributed by atoms with van der Waals surface area (Å²) in [5, 5.41) is 0. The fraction of sp³-hybridized carbons (Fsp3) is 0.222. The summed E-state index contributed by atoms with van der Waals surface area (Å²) in [7, 11) is 1.26. The highest BCUT2D eigenvalue weighted by atomic mass is 19.4. The van der Waals surface area contributed by atoms with Gasteiger partial charge in [-0.15, -0.1) is 0 Å². The van der Waals surface area contributed by atoms with Crippen molar-refractivity contribution in [1.82, 2.24) is 4.98 Å². The maximum atomic E-state index is 12.7. The van der Waals surface area contributed by atoms with Crippen LogP contribution in [-0.4, -0.2) is 24.2 Å². The first kappa shape index (κ1) is 18.6. The molecule has 0 aliphatic carbocycles. The lowest BCUT2D eigenvalue weighted by atomic mass is 10.2. The summed E-state index contributed by atoms with van der Waals surface area (Å²) in [5.41, 5.74) is -0.629. The van der Waals surface area contributed by atoms with Crippen LogP contribution in [0, 0.1) is 0 Å². The quantitative estimate of drug-likeness (QED) is 0.603. The standard InChI is InChI=1S/C18H14F3NO5/c1-10(16(23)24-2)25-12-4-6-13(7-5-12)26-17-22-14-8-3-11(18(19,20)21)9-15(14)27-17/h3-10H,1-2H3/t10-/m1/s1. The summed E-state index contributed by atoms with van der Waals surface area (Å²) in [6.07, 6.45) is -5.44. The van der Waals surface area contributed by atoms with Crippen molar-refractivity contribution in [3.05, 3.63) is 48.0 Å². The van der Waals surface area contributed by atoms with Crippen LogP contribution >= 0.6 is 0 Å². The van der Waals surface area contributed by atoms with Gasteiger partial charge in [0.1, 0.15) is 17.0 Å². The predicted molar refractivity (Wildman–Crippen MR) is 87.6 cm³/mol. The topological polar surface area (TPSA) is 70.8 Å². The van der Waals surface area contributed by atoms with E-state index in [0.29, 0.717) is 11.5 Å². The first-order chi connectivity index (χ1) is 12.8. The van der Waals surface area contributed by atoms with Gasteiger partial charge in [-0.1, -0.05) is 0 Å². The van der Waals surface area contributed by atoms with E-state index < -0.39 is 23.8 Å². The molecule has 1 heterocycles. The van der Waals surface area contributed by atoms with Crippen molar-refractivity contribution in [1.29, 1.82) is 0 Å². The van der Waals surface area contributed by atoms with Gasteiger partial charge in [-0.3, -0.25) is 0 Å². The molecule has 27 heavy (non-hydrogen) atoms. The Balaban J connectivity index is 1.72. The van der Waals surface area contributed by atoms with Crippen LogP contribution in [0.15, 0.2) is 46.9 Å². The summed E-state index contributed by atoms with van der Waals surface area (Å²) in [6, 6.07) is 9.17. The normalized spacial score (nSPS) is 12.6. The van der Waals surface area contributed by atoms with Crippen LogP contribution in [0.1, 0.15) is 12.5 Å². The monoisotopic (exact) mass is 381 g/mol. The maximum Gasteiger partial charge on any atom is 0.416 e. The molecule has 0 unspecified atom stereocenters. The number of ether oxygens (including phenoxy) is 3. The van der Waals surface area contributed by atoms with Crippen LogP contribution in [0.2, 0.25) is 0 Å². The van der Waals surface area contributed by atoms with E-state index in [-0.39, 0.29) is 17.2 Å². The molecule has 1 aromatic heterocycles. The number of carbonyl (C=O) groups excluding carboxylic acids is 1. The lowest BCUT2D eigenvalue weighted by Gasteiger charge is -2.12. The Morgan fingerprint density at radius 1 is 1.11 bits per heavy atom. The van der Waals surface area contributed by atoms with E-state index in [1.54, 1.807) is 19.1 Å². The summed E-state index contributed by atoms with van der Waals surface area (Å²) in [6.45, 7) is 1.55. The first-order valence-corrected chi connectivity index (χ1v) is 7.76. The van der Waals surface area contributed by atoms with Crippen LogP contribution in [0.5, 0.6) is 17.6 Å². The van der Waals surface area contributed by atoms with Crippen LogP contribution in [0.25, 0.3) is 11.1 Å². The molecule has 3 aromatic rings. The molecule has 142 valence electrons. The molecule has 1 atom stereocenters. The molecule has 0 aliphatic rings. The smallest absolute Gasteiger partial charge is 0.416 e. The molecule has 0 saturated carbocycles. The zero-order valence-corrected chi connectivity index (χ0v) is 14.2. The number of benzene rings is 2. The average molecular weight is 381 g/mol. The van der Waals surface area contributed by atoms with Crippen LogP contribution in [-0.2, 0) is 15.7 Å². The zero-order chi connectivity index (χ0) is 19.6. The molecule has 0 fully saturated rings. The Hall–Kier alpha value is -3.23. The number of rotatable bonds is 5. The molecule has 0 N–H and O–H groups in total. The van der Waals surface area contributed by atoms with Crippen molar-refractivity contribution in [3.63, 3.8) is 0 Å². The first-order valence-electron chi connectivity index (χ1n) is 7.76. The van der Waals surface area contributed by atoms with Crippen molar-refractivity contribution < 1.29 is 36.6 Å². The third-order valence-corrected chi connectivity index (χ3v) is 3.57. The third-order valence-electron chi connectivity index (χ3n) is 3.57. The minimum atomic E-state index is -4.47. The highest BCUT2D eigenvalue weighted by molar-refractivity contribution is 5.74. The highest BCUT2D eigenvalue weighted by Crippen LogP contribution is 2.33. The van der Waals surface area contributed by atoms with Crippen molar-refractivity contribution in [2.75, 3.05) is 7.11 Å². The number of esters is 1. The van der Waals surface area contributed by atoms with Gasteiger partial charge in [0.25, 0.3) is 0 Å². The summed E-state index contributed by atoms with van der Waals surface area (Å²) in [5.74, 6) is 0.225. The minimum absolute atomic E-state index is 0.0355.